The Balaban J connectivity index is 0.00000736. The second-order valence-electron chi connectivity index (χ2n) is 21.8. The summed E-state index contributed by atoms with van der Waals surface area (Å²) in [6.07, 6.45) is 1.28. The minimum Gasteiger partial charge on any atom is -0.509 e. The second kappa shape index (κ2) is 19.0. The van der Waals surface area contributed by atoms with Crippen molar-refractivity contribution in [3.05, 3.63) is 223 Å². The van der Waals surface area contributed by atoms with Crippen LogP contribution in [-0.4, -0.2) is 9.55 Å². The third kappa shape index (κ3) is 9.64. The average Bonchev–Trinajstić information content (AvgIpc) is 4.24. The van der Waals surface area contributed by atoms with Crippen LogP contribution in [0, 0.1) is 25.7 Å². The van der Waals surface area contributed by atoms with Gasteiger partial charge < -0.3 is 19.1 Å². The summed E-state index contributed by atoms with van der Waals surface area (Å²) in [6, 6.07) is 54.1. The molecule has 0 unspecified atom stereocenters. The van der Waals surface area contributed by atoms with Crippen LogP contribution in [0.2, 0.25) is 0 Å². The first-order valence-electron chi connectivity index (χ1n) is 28.4. The molecule has 0 spiro atoms. The second-order valence-corrected chi connectivity index (χ2v) is 21.8. The van der Waals surface area contributed by atoms with Crippen LogP contribution >= 0.6 is 0 Å². The van der Waals surface area contributed by atoms with E-state index < -0.39 is 37.1 Å². The van der Waals surface area contributed by atoms with Gasteiger partial charge in [0.2, 0.25) is 0 Å². The molecule has 8 aromatic carbocycles. The van der Waals surface area contributed by atoms with Gasteiger partial charge in [-0.1, -0.05) is 171 Å². The van der Waals surface area contributed by atoms with Gasteiger partial charge in [0.05, 0.1) is 6.85 Å². The number of pyridine rings is 1. The number of aromatic nitrogens is 2. The van der Waals surface area contributed by atoms with E-state index in [1.165, 1.54) is 34.5 Å². The molecule has 0 bridgehead atoms. The molecule has 0 amide bonds. The van der Waals surface area contributed by atoms with E-state index >= 15 is 0 Å². The quantitative estimate of drug-likeness (QED) is 0.142. The normalized spacial score (nSPS) is 14.6. The number of nitrogens with zero attached hydrogens (tertiary/aromatic N) is 4. The maximum atomic E-state index is 8.66. The summed E-state index contributed by atoms with van der Waals surface area (Å²) in [5, 5.41) is 1.68. The molecule has 5 nitrogen and oxygen atoms in total. The Morgan fingerprint density at radius 2 is 1.22 bits per heavy atom. The summed E-state index contributed by atoms with van der Waals surface area (Å²) < 4.78 is 76.3. The molecular weight excluding hydrogens is 1070 g/mol. The van der Waals surface area contributed by atoms with Gasteiger partial charge in [0.1, 0.15) is 5.82 Å². The molecule has 368 valence electrons. The van der Waals surface area contributed by atoms with E-state index in [-0.39, 0.29) is 59.8 Å². The zero-order valence-corrected chi connectivity index (χ0v) is 44.8. The predicted molar refractivity (Wildman–Crippen MR) is 301 cm³/mol. The Morgan fingerprint density at radius 3 is 1.93 bits per heavy atom. The van der Waals surface area contributed by atoms with E-state index in [9.17, 15) is 0 Å². The van der Waals surface area contributed by atoms with E-state index in [2.05, 4.69) is 176 Å². The van der Waals surface area contributed by atoms with E-state index in [4.69, 9.17) is 20.7 Å². The van der Waals surface area contributed by atoms with Crippen LogP contribution in [0.4, 0.5) is 22.7 Å². The van der Waals surface area contributed by atoms with Gasteiger partial charge in [0, 0.05) is 71.0 Å². The summed E-state index contributed by atoms with van der Waals surface area (Å²) in [5.74, 6) is 1.05. The number of anilines is 4. The fourth-order valence-corrected chi connectivity index (χ4v) is 9.46. The molecule has 11 rings (SSSR count). The molecule has 0 atom stereocenters. The minimum absolute atomic E-state index is 0. The minimum atomic E-state index is -2.75. The summed E-state index contributed by atoms with van der Waals surface area (Å²) in [5.41, 5.74) is 12.5. The van der Waals surface area contributed by atoms with Crippen molar-refractivity contribution in [2.75, 3.05) is 9.80 Å². The van der Waals surface area contributed by atoms with Gasteiger partial charge in [-0.25, -0.2) is 4.98 Å². The largest absolute Gasteiger partial charge is 0.509 e. The Morgan fingerprint density at radius 1 is 0.548 bits per heavy atom. The van der Waals surface area contributed by atoms with Crippen molar-refractivity contribution in [2.24, 2.45) is 0 Å². The van der Waals surface area contributed by atoms with Gasteiger partial charge in [0.25, 0.3) is 0 Å². The number of fused-ring (bicyclic) bond motifs is 4. The summed E-state index contributed by atoms with van der Waals surface area (Å²) in [7, 11) is 0. The first-order valence-corrected chi connectivity index (χ1v) is 24.4. The van der Waals surface area contributed by atoms with E-state index in [1.54, 1.807) is 4.57 Å². The van der Waals surface area contributed by atoms with Crippen LogP contribution in [0.3, 0.4) is 0 Å². The van der Waals surface area contributed by atoms with Crippen LogP contribution in [-0.2, 0) is 37.3 Å². The SMILES string of the molecule is [2H]c1c([2H])c([2H])c(-c2cnc(-n3c4[c-]c(Oc5[c-]c(N6[CH-]N(c7cc(C(C)(C)C)cc(C(C)(C)C)c7)c7cc(-c8cc(-c9ccccc9)cc(C(C)(C)C)c8)ccc76)ccc5)ccc4c4ccccc43)cc2C([2H])([2H])[2H])c([2H])c1[2H].[Pt]. The molecule has 0 fully saturated rings. The molecule has 3 heterocycles. The fraction of sp³-hybridized carbons (Fsp3) is 0.194. The maximum absolute atomic E-state index is 8.66. The first kappa shape index (κ1) is 40.3. The molecule has 0 aliphatic carbocycles. The van der Waals surface area contributed by atoms with E-state index in [1.807, 2.05) is 54.6 Å². The zero-order valence-electron chi connectivity index (χ0n) is 50.5. The maximum Gasteiger partial charge on any atom is 0.135 e. The first-order chi connectivity index (χ1) is 37.7. The molecule has 1 aliphatic rings. The number of rotatable bonds is 8. The Kier molecular flexibility index (Phi) is 10.5. The van der Waals surface area contributed by atoms with Crippen LogP contribution in [0.25, 0.3) is 61.0 Å². The Hall–Kier alpha value is -7.20. The van der Waals surface area contributed by atoms with Crippen molar-refractivity contribution in [3.63, 3.8) is 0 Å². The molecule has 0 N–H and O–H groups in total. The van der Waals surface area contributed by atoms with E-state index in [0.29, 0.717) is 17.0 Å². The van der Waals surface area contributed by atoms with Gasteiger partial charge >= 0.3 is 0 Å². The van der Waals surface area contributed by atoms with Crippen molar-refractivity contribution in [1.29, 1.82) is 0 Å². The number of ether oxygens (including phenoxy) is 1. The zero-order chi connectivity index (χ0) is 57.0. The van der Waals surface area contributed by atoms with Crippen molar-refractivity contribution in [1.82, 2.24) is 9.55 Å². The monoisotopic (exact) mass is 1140 g/mol. The number of hydrogen-bond acceptors (Lipinski definition) is 4. The van der Waals surface area contributed by atoms with Crippen LogP contribution in [0.1, 0.15) is 95.5 Å². The fourth-order valence-electron chi connectivity index (χ4n) is 9.46. The smallest absolute Gasteiger partial charge is 0.135 e. The summed E-state index contributed by atoms with van der Waals surface area (Å²) >= 11 is 0. The van der Waals surface area contributed by atoms with Gasteiger partial charge in [-0.3, -0.25) is 0 Å². The van der Waals surface area contributed by atoms with Gasteiger partial charge in [-0.15, -0.1) is 48.1 Å². The third-order valence-electron chi connectivity index (χ3n) is 13.6. The van der Waals surface area contributed by atoms with Crippen molar-refractivity contribution in [2.45, 2.75) is 85.4 Å². The summed E-state index contributed by atoms with van der Waals surface area (Å²) in [6.45, 7) is 19.7. The number of para-hydroxylation sites is 1. The van der Waals surface area contributed by atoms with Gasteiger partial charge in [0.15, 0.2) is 0 Å². The van der Waals surface area contributed by atoms with Crippen molar-refractivity contribution < 1.29 is 36.8 Å². The van der Waals surface area contributed by atoms with Crippen LogP contribution in [0.15, 0.2) is 182 Å². The number of benzene rings is 8. The van der Waals surface area contributed by atoms with Crippen LogP contribution < -0.4 is 14.5 Å². The molecule has 6 heteroatoms. The number of hydrogen-bond donors (Lipinski definition) is 0. The Labute approximate surface area is 457 Å². The van der Waals surface area contributed by atoms with Gasteiger partial charge in [-0.05, 0) is 121 Å². The predicted octanol–water partition coefficient (Wildman–Crippen LogP) is 18.2. The van der Waals surface area contributed by atoms with Crippen molar-refractivity contribution >= 4 is 44.6 Å². The summed E-state index contributed by atoms with van der Waals surface area (Å²) in [4.78, 5) is 9.18. The van der Waals surface area contributed by atoms with Crippen molar-refractivity contribution in [3.8, 4) is 50.7 Å². The van der Waals surface area contributed by atoms with E-state index in [0.717, 1.165) is 55.7 Å². The standard InChI is InChI=1S/C67H61N4O.Pt/c1-44-32-64(68-42-59(44)46-22-15-12-16-23-46)71-60-27-18-17-26-57(60)58-30-29-56(41-62(58)71)72-55-25-19-24-53(40-55)69-43-70(54-38-51(66(5,6)7)37-52(39-54)67(8,9)10)63-36-47(28-31-61(63)69)49-33-48(45-20-13-11-14-21-45)34-50(35-49)65(2,3)4;/h11-39,42-43H,1-10H3;/q-3;/i1D3,12D,15D,16D,22D,23D;. The Bertz CT molecular complexity index is 4040. The number of aryl methyl sites for hydroxylation is 1. The average molecular weight is 1140 g/mol. The molecule has 1 aliphatic heterocycles. The molecule has 2 aromatic heterocycles. The molecular formula is C67H61N4OPt-3. The molecule has 0 saturated heterocycles. The molecule has 73 heavy (non-hydrogen) atoms. The molecule has 10 aromatic rings. The van der Waals surface area contributed by atoms with Crippen LogP contribution in [0.5, 0.6) is 11.5 Å². The molecule has 0 radical (unpaired) electrons. The molecule has 0 saturated carbocycles. The third-order valence-corrected chi connectivity index (χ3v) is 13.6. The van der Waals surface area contributed by atoms with Gasteiger partial charge in [-0.2, -0.15) is 12.1 Å². The topological polar surface area (TPSA) is 33.5 Å².